The van der Waals surface area contributed by atoms with E-state index in [1.165, 1.54) is 12.3 Å². The number of anilines is 1. The first-order valence-electron chi connectivity index (χ1n) is 13.0. The van der Waals surface area contributed by atoms with Gasteiger partial charge < -0.3 is 36.4 Å². The second kappa shape index (κ2) is 14.8. The van der Waals surface area contributed by atoms with Crippen LogP contribution in [0.4, 0.5) is 5.13 Å². The van der Waals surface area contributed by atoms with Gasteiger partial charge in [0.25, 0.3) is 17.9 Å². The van der Waals surface area contributed by atoms with Crippen molar-refractivity contribution in [3.05, 3.63) is 59.8 Å². The van der Waals surface area contributed by atoms with Crippen LogP contribution >= 0.6 is 11.3 Å². The van der Waals surface area contributed by atoms with Crippen molar-refractivity contribution in [2.75, 3.05) is 32.5 Å². The summed E-state index contributed by atoms with van der Waals surface area (Å²) in [6.45, 7) is 5.99. The molecule has 44 heavy (non-hydrogen) atoms. The average Bonchev–Trinajstić information content (AvgIpc) is 3.40. The number of aliphatic carboxylic acids is 1. The van der Waals surface area contributed by atoms with E-state index in [-0.39, 0.29) is 15.1 Å². The molecule has 3 atom stereocenters. The molecule has 1 aliphatic rings. The lowest BCUT2D eigenvalue weighted by atomic mass is 10.0. The highest BCUT2D eigenvalue weighted by atomic mass is 32.2. The molecule has 3 rings (SSSR count). The minimum Gasteiger partial charge on any atom is -0.489 e. The molecule has 18 heteroatoms. The molecular weight excluding hydrogens is 618 g/mol. The lowest BCUT2D eigenvalue weighted by Gasteiger charge is -2.42. The quantitative estimate of drug-likeness (QED) is 0.0540. The number of carbonyl (C=O) groups is 3. The van der Waals surface area contributed by atoms with Crippen LogP contribution in [0.5, 0.6) is 5.75 Å². The van der Waals surface area contributed by atoms with Crippen LogP contribution in [0.3, 0.4) is 0 Å². The van der Waals surface area contributed by atoms with Crippen LogP contribution in [0.25, 0.3) is 5.57 Å². The summed E-state index contributed by atoms with van der Waals surface area (Å²) in [6, 6.07) is 4.39. The fraction of sp³-hybridized carbons (Fsp3) is 0.346. The first-order chi connectivity index (χ1) is 20.8. The van der Waals surface area contributed by atoms with Crippen molar-refractivity contribution in [2.45, 2.75) is 31.5 Å². The Morgan fingerprint density at radius 1 is 1.34 bits per heavy atom. The maximum atomic E-state index is 13.0. The van der Waals surface area contributed by atoms with E-state index >= 15 is 0 Å². The number of hydrogen-bond acceptors (Lipinski definition) is 13. The van der Waals surface area contributed by atoms with E-state index in [9.17, 15) is 32.5 Å². The second-order valence-corrected chi connectivity index (χ2v) is 11.7. The van der Waals surface area contributed by atoms with Crippen LogP contribution in [0.15, 0.2) is 53.7 Å². The number of nitrogens with two attached hydrogens (primary N) is 2. The number of aromatic nitrogens is 1. The van der Waals surface area contributed by atoms with Gasteiger partial charge in [-0.3, -0.25) is 14.1 Å². The maximum absolute atomic E-state index is 13.0. The molecule has 0 bridgehead atoms. The summed E-state index contributed by atoms with van der Waals surface area (Å²) < 4.78 is 37.7. The van der Waals surface area contributed by atoms with Crippen molar-refractivity contribution < 1.29 is 42.0 Å². The van der Waals surface area contributed by atoms with E-state index in [0.29, 0.717) is 12.3 Å². The third kappa shape index (κ3) is 8.53. The van der Waals surface area contributed by atoms with E-state index in [1.54, 1.807) is 30.3 Å². The zero-order chi connectivity index (χ0) is 32.6. The number of β-lactam (4-membered cyclic amide) rings is 1. The van der Waals surface area contributed by atoms with Gasteiger partial charge in [-0.15, -0.1) is 11.3 Å². The SMILES string of the molecule is C=C/C(=C\N(C)CCCN)c1ccc(OC[C@H](O/N=C(\C(=O)N[C@@H]2C(=O)N(S(=O)(=O)O)[C@H]2C)c2csc(N)n2)C(=O)O)cc1. The smallest absolute Gasteiger partial charge is 0.362 e. The number of carbonyl (C=O) groups excluding carboxylic acids is 2. The van der Waals surface area contributed by atoms with E-state index in [2.05, 4.69) is 22.0 Å². The van der Waals surface area contributed by atoms with Gasteiger partial charge in [0.1, 0.15) is 24.1 Å². The first-order valence-corrected chi connectivity index (χ1v) is 15.3. The summed E-state index contributed by atoms with van der Waals surface area (Å²) in [4.78, 5) is 48.2. The number of ether oxygens (including phenoxy) is 1. The lowest BCUT2D eigenvalue weighted by molar-refractivity contribution is -0.152. The molecule has 1 aromatic heterocycles. The lowest BCUT2D eigenvalue weighted by Crippen LogP contribution is -2.71. The summed E-state index contributed by atoms with van der Waals surface area (Å²) in [6.07, 6.45) is 2.80. The predicted octanol–water partition coefficient (Wildman–Crippen LogP) is 0.304. The maximum Gasteiger partial charge on any atom is 0.362 e. The van der Waals surface area contributed by atoms with Gasteiger partial charge in [-0.25, -0.2) is 14.1 Å². The van der Waals surface area contributed by atoms with Gasteiger partial charge in [0.2, 0.25) is 0 Å². The molecular formula is C26H33N7O9S2. The summed E-state index contributed by atoms with van der Waals surface area (Å²) in [5, 5.41) is 17.0. The monoisotopic (exact) mass is 651 g/mol. The molecule has 0 radical (unpaired) electrons. The van der Waals surface area contributed by atoms with Crippen LogP contribution < -0.4 is 21.5 Å². The van der Waals surface area contributed by atoms with E-state index < -0.39 is 58.6 Å². The second-order valence-electron chi connectivity index (χ2n) is 9.49. The molecule has 0 aliphatic carbocycles. The number of hydrogen-bond donors (Lipinski definition) is 5. The number of nitrogen functional groups attached to an aromatic ring is 1. The topological polar surface area (TPSA) is 240 Å². The molecule has 2 heterocycles. The largest absolute Gasteiger partial charge is 0.489 e. The minimum absolute atomic E-state index is 0.0596. The van der Waals surface area contributed by atoms with Gasteiger partial charge in [0, 0.05) is 25.2 Å². The molecule has 0 unspecified atom stereocenters. The van der Waals surface area contributed by atoms with Gasteiger partial charge >= 0.3 is 16.3 Å². The van der Waals surface area contributed by atoms with Crippen molar-refractivity contribution in [3.8, 4) is 5.75 Å². The Kier molecular flexibility index (Phi) is 11.4. The standard InChI is InChI=1S/C26H33N7O9S2/c1-4-16(12-32(3)11-5-10-27)17-6-8-18(9-7-17)41-13-20(25(36)37)42-31-22(19-14-43-26(28)29-19)23(34)30-21-15(2)33(24(21)35)44(38,39)40/h4,6-9,12,14-15,20-21H,1,5,10-11,13,27H2,2-3H3,(H2,28,29)(H,30,34)(H,36,37)(H,38,39,40)/b16-12+,31-22-/t15-,20-,21-/m0/s1. The van der Waals surface area contributed by atoms with Crippen molar-refractivity contribution in [1.82, 2.24) is 19.5 Å². The zero-order valence-corrected chi connectivity index (χ0v) is 25.5. The fourth-order valence-corrected chi connectivity index (χ4v) is 5.41. The molecule has 0 saturated carbocycles. The number of carboxylic acids is 1. The minimum atomic E-state index is -4.82. The van der Waals surface area contributed by atoms with Gasteiger partial charge in [0.15, 0.2) is 10.8 Å². The van der Waals surface area contributed by atoms with Gasteiger partial charge in [0.05, 0.1) is 6.04 Å². The van der Waals surface area contributed by atoms with Crippen LogP contribution in [0.1, 0.15) is 24.6 Å². The molecule has 16 nitrogen and oxygen atoms in total. The highest BCUT2D eigenvalue weighted by molar-refractivity contribution is 7.84. The molecule has 238 valence electrons. The first kappa shape index (κ1) is 34.0. The van der Waals surface area contributed by atoms with Crippen molar-refractivity contribution in [3.63, 3.8) is 0 Å². The number of allylic oxidation sites excluding steroid dienone is 2. The van der Waals surface area contributed by atoms with Crippen molar-refractivity contribution in [2.24, 2.45) is 10.9 Å². The molecule has 1 saturated heterocycles. The van der Waals surface area contributed by atoms with Crippen molar-refractivity contribution in [1.29, 1.82) is 0 Å². The summed E-state index contributed by atoms with van der Waals surface area (Å²) in [7, 11) is -2.90. The van der Waals surface area contributed by atoms with Gasteiger partial charge in [-0.2, -0.15) is 8.42 Å². The molecule has 0 spiro atoms. The van der Waals surface area contributed by atoms with Crippen molar-refractivity contribution >= 4 is 55.8 Å². The normalized spacial score (nSPS) is 17.8. The number of carboxylic acid groups (broad SMARTS) is 1. The Morgan fingerprint density at radius 3 is 2.55 bits per heavy atom. The molecule has 1 fully saturated rings. The Bertz CT molecular complexity index is 1540. The third-order valence-corrected chi connectivity index (χ3v) is 7.96. The zero-order valence-electron chi connectivity index (χ0n) is 23.8. The molecule has 2 amide bonds. The number of nitrogens with zero attached hydrogens (tertiary/aromatic N) is 4. The summed E-state index contributed by atoms with van der Waals surface area (Å²) in [5.41, 5.74) is 12.3. The Labute approximate surface area is 257 Å². The summed E-state index contributed by atoms with van der Waals surface area (Å²) >= 11 is 0.957. The highest BCUT2D eigenvalue weighted by Gasteiger charge is 2.51. The molecule has 1 aliphatic heterocycles. The number of amides is 2. The molecule has 1 aromatic carbocycles. The summed E-state index contributed by atoms with van der Waals surface area (Å²) in [5.74, 6) is -3.23. The van der Waals surface area contributed by atoms with E-state index in [4.69, 9.17) is 21.0 Å². The Morgan fingerprint density at radius 2 is 2.02 bits per heavy atom. The predicted molar refractivity (Wildman–Crippen MR) is 162 cm³/mol. The van der Waals surface area contributed by atoms with E-state index in [1.807, 2.05) is 18.1 Å². The molecule has 2 aromatic rings. The highest BCUT2D eigenvalue weighted by Crippen LogP contribution is 2.24. The average molecular weight is 652 g/mol. The number of rotatable bonds is 16. The van der Waals surface area contributed by atoms with Gasteiger partial charge in [-0.1, -0.05) is 29.9 Å². The Balaban J connectivity index is 1.71. The van der Waals surface area contributed by atoms with Crippen LogP contribution in [0.2, 0.25) is 0 Å². The van der Waals surface area contributed by atoms with Crippen LogP contribution in [-0.2, 0) is 29.5 Å². The number of nitrogens with one attached hydrogen (secondary N) is 1. The molecule has 7 N–H and O–H groups in total. The fourth-order valence-electron chi connectivity index (χ4n) is 3.98. The number of oxime groups is 1. The number of thiazole rings is 1. The third-order valence-electron chi connectivity index (χ3n) is 6.28. The van der Waals surface area contributed by atoms with Crippen LogP contribution in [-0.4, -0.2) is 101 Å². The van der Waals surface area contributed by atoms with Gasteiger partial charge in [-0.05, 0) is 43.2 Å². The van der Waals surface area contributed by atoms with Crippen LogP contribution in [0, 0.1) is 0 Å². The number of benzene rings is 1. The van der Waals surface area contributed by atoms with E-state index in [0.717, 1.165) is 35.4 Å². The Hall–Kier alpha value is -4.52.